The van der Waals surface area contributed by atoms with Crippen molar-refractivity contribution in [2.75, 3.05) is 5.32 Å². The number of hydrogen-bond donors (Lipinski definition) is 1. The van der Waals surface area contributed by atoms with E-state index in [9.17, 15) is 0 Å². The van der Waals surface area contributed by atoms with Gasteiger partial charge in [0.25, 0.3) is 0 Å². The molecule has 13 heavy (non-hydrogen) atoms. The van der Waals surface area contributed by atoms with Crippen LogP contribution in [0.4, 0.5) is 5.13 Å². The van der Waals surface area contributed by atoms with E-state index in [2.05, 4.69) is 36.3 Å². The maximum Gasteiger partial charge on any atom is 0.205 e. The average Bonchev–Trinajstić information content (AvgIpc) is 2.46. The first-order valence-corrected chi connectivity index (χ1v) is 5.51. The van der Waals surface area contributed by atoms with Crippen molar-refractivity contribution < 1.29 is 0 Å². The third-order valence-corrected chi connectivity index (χ3v) is 2.85. The quantitative estimate of drug-likeness (QED) is 0.810. The van der Waals surface area contributed by atoms with Crippen LogP contribution < -0.4 is 5.32 Å². The van der Waals surface area contributed by atoms with E-state index in [0.717, 1.165) is 16.6 Å². The van der Waals surface area contributed by atoms with Crippen LogP contribution in [-0.4, -0.2) is 16.2 Å². The summed E-state index contributed by atoms with van der Waals surface area (Å²) in [6.07, 6.45) is 1.12. The molecule has 1 heterocycles. The maximum atomic E-state index is 4.04. The number of aromatic nitrogens is 2. The number of hydrogen-bond acceptors (Lipinski definition) is 4. The van der Waals surface area contributed by atoms with Crippen molar-refractivity contribution >= 4 is 16.5 Å². The van der Waals surface area contributed by atoms with E-state index in [1.165, 1.54) is 0 Å². The first-order chi connectivity index (χ1) is 6.13. The molecular formula is C9H17N3S. The fourth-order valence-electron chi connectivity index (χ4n) is 1.25. The van der Waals surface area contributed by atoms with Crippen molar-refractivity contribution in [1.29, 1.82) is 0 Å². The van der Waals surface area contributed by atoms with Gasteiger partial charge in [-0.25, -0.2) is 0 Å². The van der Waals surface area contributed by atoms with Gasteiger partial charge in [-0.3, -0.25) is 0 Å². The Morgan fingerprint density at radius 3 is 2.46 bits per heavy atom. The topological polar surface area (TPSA) is 37.8 Å². The summed E-state index contributed by atoms with van der Waals surface area (Å²) in [6, 6.07) is 0.507. The number of nitrogens with zero attached hydrogens (tertiary/aromatic N) is 2. The van der Waals surface area contributed by atoms with Gasteiger partial charge in [-0.05, 0) is 19.3 Å². The molecule has 0 amide bonds. The largest absolute Gasteiger partial charge is 0.357 e. The van der Waals surface area contributed by atoms with Gasteiger partial charge in [0.05, 0.1) is 0 Å². The predicted octanol–water partition coefficient (Wildman–Crippen LogP) is 2.69. The van der Waals surface area contributed by atoms with Gasteiger partial charge in [-0.2, -0.15) is 0 Å². The fraction of sp³-hybridized carbons (Fsp3) is 0.778. The Morgan fingerprint density at radius 2 is 2.08 bits per heavy atom. The van der Waals surface area contributed by atoms with E-state index in [1.807, 2.05) is 6.92 Å². The van der Waals surface area contributed by atoms with E-state index >= 15 is 0 Å². The van der Waals surface area contributed by atoms with E-state index in [0.29, 0.717) is 12.0 Å². The lowest BCUT2D eigenvalue weighted by molar-refractivity contribution is 0.510. The second-order valence-corrected chi connectivity index (χ2v) is 4.71. The van der Waals surface area contributed by atoms with Crippen LogP contribution in [0.3, 0.4) is 0 Å². The molecule has 74 valence electrons. The highest BCUT2D eigenvalue weighted by Crippen LogP contribution is 2.18. The van der Waals surface area contributed by atoms with Crippen molar-refractivity contribution in [3.05, 3.63) is 5.01 Å². The molecular weight excluding hydrogens is 182 g/mol. The molecule has 1 aromatic rings. The SMILES string of the molecule is CCC(Nc1nnc(C)s1)C(C)C. The minimum Gasteiger partial charge on any atom is -0.357 e. The second kappa shape index (κ2) is 4.56. The molecule has 4 heteroatoms. The van der Waals surface area contributed by atoms with Crippen molar-refractivity contribution in [2.24, 2.45) is 5.92 Å². The van der Waals surface area contributed by atoms with Crippen LogP contribution in [0.15, 0.2) is 0 Å². The molecule has 0 radical (unpaired) electrons. The average molecular weight is 199 g/mol. The molecule has 0 aliphatic carbocycles. The number of anilines is 1. The van der Waals surface area contributed by atoms with Gasteiger partial charge in [0.2, 0.25) is 5.13 Å². The maximum absolute atomic E-state index is 4.04. The van der Waals surface area contributed by atoms with Gasteiger partial charge < -0.3 is 5.32 Å². The standard InChI is InChI=1S/C9H17N3S/c1-5-8(6(2)3)10-9-12-11-7(4)13-9/h6,8H,5H2,1-4H3,(H,10,12). The van der Waals surface area contributed by atoms with Crippen LogP contribution in [0.2, 0.25) is 0 Å². The van der Waals surface area contributed by atoms with E-state index in [1.54, 1.807) is 11.3 Å². The molecule has 0 spiro atoms. The zero-order chi connectivity index (χ0) is 9.84. The van der Waals surface area contributed by atoms with Gasteiger partial charge in [0, 0.05) is 6.04 Å². The highest BCUT2D eigenvalue weighted by Gasteiger charge is 2.12. The lowest BCUT2D eigenvalue weighted by atomic mass is 10.0. The Balaban J connectivity index is 2.56. The summed E-state index contributed by atoms with van der Waals surface area (Å²) in [5, 5.41) is 13.4. The van der Waals surface area contributed by atoms with Gasteiger partial charge in [0.1, 0.15) is 5.01 Å². The second-order valence-electron chi connectivity index (χ2n) is 3.53. The monoisotopic (exact) mass is 199 g/mol. The summed E-state index contributed by atoms with van der Waals surface area (Å²) in [6.45, 7) is 8.59. The molecule has 1 rings (SSSR count). The van der Waals surface area contributed by atoms with Crippen LogP contribution in [0.25, 0.3) is 0 Å². The minimum absolute atomic E-state index is 0.507. The predicted molar refractivity (Wildman–Crippen MR) is 57.2 cm³/mol. The highest BCUT2D eigenvalue weighted by molar-refractivity contribution is 7.15. The zero-order valence-electron chi connectivity index (χ0n) is 8.66. The molecule has 0 saturated heterocycles. The highest BCUT2D eigenvalue weighted by atomic mass is 32.1. The summed E-state index contributed by atoms with van der Waals surface area (Å²) in [7, 11) is 0. The molecule has 0 bridgehead atoms. The van der Waals surface area contributed by atoms with Crippen LogP contribution in [0, 0.1) is 12.8 Å². The van der Waals surface area contributed by atoms with Crippen molar-refractivity contribution in [3.63, 3.8) is 0 Å². The Hall–Kier alpha value is -0.640. The van der Waals surface area contributed by atoms with Crippen LogP contribution in [-0.2, 0) is 0 Å². The molecule has 1 N–H and O–H groups in total. The Labute approximate surface area is 83.6 Å². The molecule has 0 aliphatic heterocycles. The van der Waals surface area contributed by atoms with Gasteiger partial charge in [0.15, 0.2) is 0 Å². The molecule has 0 saturated carbocycles. The fourth-order valence-corrected chi connectivity index (χ4v) is 1.91. The summed E-state index contributed by atoms with van der Waals surface area (Å²) in [4.78, 5) is 0. The van der Waals surface area contributed by atoms with Gasteiger partial charge >= 0.3 is 0 Å². The van der Waals surface area contributed by atoms with Crippen LogP contribution in [0.5, 0.6) is 0 Å². The number of rotatable bonds is 4. The van der Waals surface area contributed by atoms with Gasteiger partial charge in [-0.15, -0.1) is 10.2 Å². The molecule has 0 aromatic carbocycles. The van der Waals surface area contributed by atoms with Crippen molar-refractivity contribution in [2.45, 2.75) is 40.2 Å². The summed E-state index contributed by atoms with van der Waals surface area (Å²) >= 11 is 1.62. The molecule has 1 aromatic heterocycles. The van der Waals surface area contributed by atoms with Gasteiger partial charge in [-0.1, -0.05) is 32.1 Å². The van der Waals surface area contributed by atoms with Crippen LogP contribution >= 0.6 is 11.3 Å². The Kier molecular flexibility index (Phi) is 3.66. The van der Waals surface area contributed by atoms with Crippen molar-refractivity contribution in [1.82, 2.24) is 10.2 Å². The summed E-state index contributed by atoms with van der Waals surface area (Å²) < 4.78 is 0. The lowest BCUT2D eigenvalue weighted by Gasteiger charge is -2.19. The number of aryl methyl sites for hydroxylation is 1. The normalized spacial score (nSPS) is 13.3. The molecule has 0 fully saturated rings. The zero-order valence-corrected chi connectivity index (χ0v) is 9.48. The molecule has 0 aliphatic rings. The smallest absolute Gasteiger partial charge is 0.205 e. The third-order valence-electron chi connectivity index (χ3n) is 2.08. The number of nitrogens with one attached hydrogen (secondary N) is 1. The first kappa shape index (κ1) is 10.4. The summed E-state index contributed by atoms with van der Waals surface area (Å²) in [5.41, 5.74) is 0. The third kappa shape index (κ3) is 2.95. The lowest BCUT2D eigenvalue weighted by Crippen LogP contribution is -2.24. The Bertz CT molecular complexity index is 257. The van der Waals surface area contributed by atoms with Crippen LogP contribution in [0.1, 0.15) is 32.2 Å². The van der Waals surface area contributed by atoms with E-state index in [-0.39, 0.29) is 0 Å². The minimum atomic E-state index is 0.507. The molecule has 1 atom stereocenters. The van der Waals surface area contributed by atoms with Crippen molar-refractivity contribution in [3.8, 4) is 0 Å². The summed E-state index contributed by atoms with van der Waals surface area (Å²) in [5.74, 6) is 0.634. The van der Waals surface area contributed by atoms with E-state index < -0.39 is 0 Å². The Morgan fingerprint density at radius 1 is 1.38 bits per heavy atom. The first-order valence-electron chi connectivity index (χ1n) is 4.70. The molecule has 1 unspecified atom stereocenters. The molecule has 3 nitrogen and oxygen atoms in total. The van der Waals surface area contributed by atoms with E-state index in [4.69, 9.17) is 0 Å².